The van der Waals surface area contributed by atoms with E-state index in [-0.39, 0.29) is 22.7 Å². The minimum atomic E-state index is -1.31. The van der Waals surface area contributed by atoms with Gasteiger partial charge in [0.1, 0.15) is 5.82 Å². The summed E-state index contributed by atoms with van der Waals surface area (Å²) in [7, 11) is 0. The number of hydrogen-bond donors (Lipinski definition) is 3. The number of nitrogens with one attached hydrogen (secondary N) is 1. The van der Waals surface area contributed by atoms with Crippen molar-refractivity contribution >= 4 is 17.6 Å². The molecule has 1 amide bonds. The van der Waals surface area contributed by atoms with Gasteiger partial charge in [0.05, 0.1) is 16.8 Å². The molecule has 1 aromatic rings. The monoisotopic (exact) mass is 264 g/mol. The van der Waals surface area contributed by atoms with Gasteiger partial charge in [0.2, 0.25) is 5.91 Å². The molecule has 0 aliphatic heterocycles. The Morgan fingerprint density at radius 1 is 1.47 bits per heavy atom. The number of rotatable bonds is 3. The second-order valence-corrected chi connectivity index (χ2v) is 3.75. The van der Waals surface area contributed by atoms with E-state index in [2.05, 4.69) is 17.2 Å². The summed E-state index contributed by atoms with van der Waals surface area (Å²) in [4.78, 5) is 21.4. The number of nitrogens with two attached hydrogens (primary N) is 1. The molecule has 0 atom stereocenters. The number of carboxylic acid groups (broad SMARTS) is 1. The normalized spacial score (nSPS) is 9.37. The molecule has 100 valence electrons. The molecule has 1 aromatic carbocycles. The van der Waals surface area contributed by atoms with Crippen LogP contribution in [0.2, 0.25) is 0 Å². The van der Waals surface area contributed by atoms with Gasteiger partial charge in [-0.05, 0) is 12.1 Å². The second kappa shape index (κ2) is 6.40. The van der Waals surface area contributed by atoms with Crippen LogP contribution in [0, 0.1) is 17.7 Å². The molecular weight excluding hydrogens is 251 g/mol. The summed E-state index contributed by atoms with van der Waals surface area (Å²) in [6, 6.07) is 1.92. The zero-order valence-electron chi connectivity index (χ0n) is 10.3. The third kappa shape index (κ3) is 4.32. The summed E-state index contributed by atoms with van der Waals surface area (Å²) in [5, 5.41) is 11.4. The quantitative estimate of drug-likeness (QED) is 0.431. The Morgan fingerprint density at radius 3 is 2.74 bits per heavy atom. The fraction of sp³-hybridized carbons (Fsp3) is 0.231. The number of halogens is 1. The van der Waals surface area contributed by atoms with Crippen LogP contribution >= 0.6 is 0 Å². The lowest BCUT2D eigenvalue weighted by Gasteiger charge is -2.03. The van der Waals surface area contributed by atoms with Crippen LogP contribution in [0.1, 0.15) is 29.3 Å². The van der Waals surface area contributed by atoms with Gasteiger partial charge in [0.15, 0.2) is 0 Å². The maximum atomic E-state index is 13.2. The Kier molecular flexibility index (Phi) is 4.89. The molecule has 0 unspecified atom stereocenters. The van der Waals surface area contributed by atoms with E-state index in [1.165, 1.54) is 6.92 Å². The summed E-state index contributed by atoms with van der Waals surface area (Å²) >= 11 is 0. The third-order valence-corrected chi connectivity index (χ3v) is 2.22. The highest BCUT2D eigenvalue weighted by atomic mass is 19.1. The summed E-state index contributed by atoms with van der Waals surface area (Å²) in [6.07, 6.45) is 0.359. The Bertz CT molecular complexity index is 573. The van der Waals surface area contributed by atoms with Gasteiger partial charge in [0, 0.05) is 19.9 Å². The van der Waals surface area contributed by atoms with Gasteiger partial charge < -0.3 is 16.2 Å². The van der Waals surface area contributed by atoms with Crippen LogP contribution in [0.4, 0.5) is 10.1 Å². The molecule has 0 aromatic heterocycles. The molecular formula is C13H13FN2O3. The molecule has 5 nitrogen and oxygen atoms in total. The topological polar surface area (TPSA) is 92.4 Å². The smallest absolute Gasteiger partial charge is 0.337 e. The average Bonchev–Trinajstić information content (AvgIpc) is 2.31. The number of anilines is 1. The minimum absolute atomic E-state index is 0.0686. The van der Waals surface area contributed by atoms with E-state index >= 15 is 0 Å². The molecule has 0 bridgehead atoms. The zero-order chi connectivity index (χ0) is 14.4. The average molecular weight is 264 g/mol. The third-order valence-electron chi connectivity index (χ3n) is 2.22. The SMILES string of the molecule is CC(=O)NCCC#Cc1cc(F)cc(C(=O)O)c1N. The molecule has 0 aliphatic carbocycles. The van der Waals surface area contributed by atoms with Crippen molar-refractivity contribution in [3.63, 3.8) is 0 Å². The highest BCUT2D eigenvalue weighted by Crippen LogP contribution is 2.19. The highest BCUT2D eigenvalue weighted by Gasteiger charge is 2.12. The first kappa shape index (κ1) is 14.5. The second-order valence-electron chi connectivity index (χ2n) is 3.75. The van der Waals surface area contributed by atoms with Crippen LogP contribution in [0.3, 0.4) is 0 Å². The first-order valence-electron chi connectivity index (χ1n) is 5.47. The van der Waals surface area contributed by atoms with E-state index in [4.69, 9.17) is 10.8 Å². The number of carbonyl (C=O) groups is 2. The van der Waals surface area contributed by atoms with Crippen LogP contribution in [0.15, 0.2) is 12.1 Å². The Morgan fingerprint density at radius 2 is 2.16 bits per heavy atom. The van der Waals surface area contributed by atoms with E-state index in [0.29, 0.717) is 13.0 Å². The van der Waals surface area contributed by atoms with Crippen molar-refractivity contribution in [1.29, 1.82) is 0 Å². The van der Waals surface area contributed by atoms with Crippen LogP contribution in [-0.2, 0) is 4.79 Å². The van der Waals surface area contributed by atoms with E-state index in [0.717, 1.165) is 12.1 Å². The lowest BCUT2D eigenvalue weighted by atomic mass is 10.1. The van der Waals surface area contributed by atoms with E-state index < -0.39 is 11.8 Å². The van der Waals surface area contributed by atoms with Crippen LogP contribution in [0.5, 0.6) is 0 Å². The minimum Gasteiger partial charge on any atom is -0.478 e. The molecule has 0 saturated heterocycles. The van der Waals surface area contributed by atoms with Crippen LogP contribution < -0.4 is 11.1 Å². The zero-order valence-corrected chi connectivity index (χ0v) is 10.3. The fourth-order valence-electron chi connectivity index (χ4n) is 1.36. The van der Waals surface area contributed by atoms with Gasteiger partial charge >= 0.3 is 5.97 Å². The van der Waals surface area contributed by atoms with Crippen LogP contribution in [-0.4, -0.2) is 23.5 Å². The molecule has 0 fully saturated rings. The highest BCUT2D eigenvalue weighted by molar-refractivity contribution is 5.95. The molecule has 19 heavy (non-hydrogen) atoms. The molecule has 0 aliphatic rings. The van der Waals surface area contributed by atoms with E-state index in [1.54, 1.807) is 0 Å². The maximum absolute atomic E-state index is 13.2. The summed E-state index contributed by atoms with van der Waals surface area (Å²) < 4.78 is 13.2. The first-order chi connectivity index (χ1) is 8.91. The maximum Gasteiger partial charge on any atom is 0.337 e. The number of hydrogen-bond acceptors (Lipinski definition) is 3. The summed E-state index contributed by atoms with van der Waals surface area (Å²) in [6.45, 7) is 1.75. The molecule has 1 rings (SSSR count). The molecule has 0 heterocycles. The van der Waals surface area contributed by atoms with E-state index in [9.17, 15) is 14.0 Å². The number of carboxylic acids is 1. The molecule has 6 heteroatoms. The van der Waals surface area contributed by atoms with Crippen molar-refractivity contribution < 1.29 is 19.1 Å². The Hall–Kier alpha value is -2.55. The predicted octanol–water partition coefficient (Wildman–Crippen LogP) is 0.984. The lowest BCUT2D eigenvalue weighted by molar-refractivity contribution is -0.118. The van der Waals surface area contributed by atoms with Crippen molar-refractivity contribution in [2.24, 2.45) is 0 Å². The van der Waals surface area contributed by atoms with Crippen LogP contribution in [0.25, 0.3) is 0 Å². The van der Waals surface area contributed by atoms with Crippen molar-refractivity contribution in [1.82, 2.24) is 5.32 Å². The summed E-state index contributed by atoms with van der Waals surface area (Å²) in [5.41, 5.74) is 5.34. The largest absolute Gasteiger partial charge is 0.478 e. The van der Waals surface area contributed by atoms with Crippen molar-refractivity contribution in [2.45, 2.75) is 13.3 Å². The van der Waals surface area contributed by atoms with Gasteiger partial charge in [-0.25, -0.2) is 9.18 Å². The number of nitrogen functional groups attached to an aromatic ring is 1. The van der Waals surface area contributed by atoms with Gasteiger partial charge in [-0.3, -0.25) is 4.79 Å². The lowest BCUT2D eigenvalue weighted by Crippen LogP contribution is -2.20. The van der Waals surface area contributed by atoms with Gasteiger partial charge in [-0.15, -0.1) is 0 Å². The van der Waals surface area contributed by atoms with E-state index in [1.807, 2.05) is 0 Å². The number of amides is 1. The molecule has 4 N–H and O–H groups in total. The number of aromatic carboxylic acids is 1. The first-order valence-corrected chi connectivity index (χ1v) is 5.47. The van der Waals surface area contributed by atoms with Gasteiger partial charge in [0.25, 0.3) is 0 Å². The van der Waals surface area contributed by atoms with Gasteiger partial charge in [-0.2, -0.15) is 0 Å². The van der Waals surface area contributed by atoms with Crippen molar-refractivity contribution in [3.8, 4) is 11.8 Å². The van der Waals surface area contributed by atoms with Crippen molar-refractivity contribution in [2.75, 3.05) is 12.3 Å². The Balaban J connectivity index is 2.87. The summed E-state index contributed by atoms with van der Waals surface area (Å²) in [5.74, 6) is 3.10. The molecule has 0 radical (unpaired) electrons. The molecule has 0 saturated carbocycles. The van der Waals surface area contributed by atoms with Gasteiger partial charge in [-0.1, -0.05) is 11.8 Å². The van der Waals surface area contributed by atoms with Crippen molar-refractivity contribution in [3.05, 3.63) is 29.1 Å². The number of benzene rings is 1. The Labute approximate surface area is 109 Å². The predicted molar refractivity (Wildman–Crippen MR) is 68.0 cm³/mol. The standard InChI is InChI=1S/C13H13FN2O3/c1-8(17)16-5-3-2-4-9-6-10(14)7-11(12(9)15)13(18)19/h6-7H,3,5,15H2,1H3,(H,16,17)(H,18,19). The molecule has 0 spiro atoms. The fourth-order valence-corrected chi connectivity index (χ4v) is 1.36. The number of carbonyl (C=O) groups excluding carboxylic acids is 1.